The summed E-state index contributed by atoms with van der Waals surface area (Å²) in [5.74, 6) is -0.0946. The molecule has 1 fully saturated rings. The van der Waals surface area contributed by atoms with Gasteiger partial charge in [-0.25, -0.2) is 4.39 Å². The minimum absolute atomic E-state index is 0.119. The summed E-state index contributed by atoms with van der Waals surface area (Å²) in [7, 11) is 3.41. The molecule has 1 saturated heterocycles. The monoisotopic (exact) mass is 269 g/mol. The van der Waals surface area contributed by atoms with Gasteiger partial charge in [0.05, 0.1) is 32.3 Å². The van der Waals surface area contributed by atoms with Gasteiger partial charge in [0.25, 0.3) is 0 Å². The molecule has 0 atom stereocenters. The minimum Gasteiger partial charge on any atom is -0.494 e. The molecule has 1 aliphatic rings. The maximum absolute atomic E-state index is 13.6. The Balaban J connectivity index is 1.95. The predicted molar refractivity (Wildman–Crippen MR) is 69.6 cm³/mol. The van der Waals surface area contributed by atoms with Crippen LogP contribution < -0.4 is 4.74 Å². The fourth-order valence-electron chi connectivity index (χ4n) is 2.37. The first kappa shape index (κ1) is 14.2. The Labute approximate surface area is 112 Å². The van der Waals surface area contributed by atoms with Gasteiger partial charge in [-0.1, -0.05) is 6.07 Å². The molecule has 2 rings (SSSR count). The smallest absolute Gasteiger partial charge is 0.165 e. The zero-order valence-electron chi connectivity index (χ0n) is 11.4. The Morgan fingerprint density at radius 3 is 2.68 bits per heavy atom. The maximum Gasteiger partial charge on any atom is 0.165 e. The average molecular weight is 269 g/mol. The highest BCUT2D eigenvalue weighted by molar-refractivity contribution is 5.29. The second kappa shape index (κ2) is 5.86. The molecule has 4 nitrogen and oxygen atoms in total. The van der Waals surface area contributed by atoms with Crippen molar-refractivity contribution in [3.05, 3.63) is 29.6 Å². The number of ether oxygens (including phenoxy) is 2. The summed E-state index contributed by atoms with van der Waals surface area (Å²) >= 11 is 0. The number of nitrogens with zero attached hydrogens (tertiary/aromatic N) is 1. The molecule has 0 spiro atoms. The summed E-state index contributed by atoms with van der Waals surface area (Å²) in [4.78, 5) is 2.07. The van der Waals surface area contributed by atoms with Crippen LogP contribution >= 0.6 is 0 Å². The molecule has 1 aromatic rings. The van der Waals surface area contributed by atoms with E-state index in [1.807, 2.05) is 13.1 Å². The Morgan fingerprint density at radius 1 is 1.47 bits per heavy atom. The van der Waals surface area contributed by atoms with Gasteiger partial charge in [-0.05, 0) is 24.7 Å². The van der Waals surface area contributed by atoms with E-state index in [0.717, 1.165) is 12.1 Å². The first-order chi connectivity index (χ1) is 9.08. The van der Waals surface area contributed by atoms with Crippen LogP contribution in [0.5, 0.6) is 5.75 Å². The van der Waals surface area contributed by atoms with Gasteiger partial charge in [0.15, 0.2) is 11.6 Å². The summed E-state index contributed by atoms with van der Waals surface area (Å²) in [6, 6.07) is 4.96. The molecular formula is C14H20FNO3. The summed E-state index contributed by atoms with van der Waals surface area (Å²) < 4.78 is 23.6. The SMILES string of the molecule is COc1ccc(CN(C)CC2(CO)COC2)cc1F. The van der Waals surface area contributed by atoms with Gasteiger partial charge < -0.3 is 19.5 Å². The molecule has 0 aromatic heterocycles. The van der Waals surface area contributed by atoms with E-state index in [1.165, 1.54) is 13.2 Å². The minimum atomic E-state index is -0.350. The Bertz CT molecular complexity index is 429. The highest BCUT2D eigenvalue weighted by Gasteiger charge is 2.38. The van der Waals surface area contributed by atoms with Gasteiger partial charge in [-0.2, -0.15) is 0 Å². The van der Waals surface area contributed by atoms with E-state index in [9.17, 15) is 9.50 Å². The van der Waals surface area contributed by atoms with E-state index in [4.69, 9.17) is 9.47 Å². The highest BCUT2D eigenvalue weighted by Crippen LogP contribution is 2.28. The number of hydrogen-bond donors (Lipinski definition) is 1. The van der Waals surface area contributed by atoms with Crippen LogP contribution in [0.15, 0.2) is 18.2 Å². The normalized spacial score (nSPS) is 17.3. The Morgan fingerprint density at radius 2 is 2.21 bits per heavy atom. The Kier molecular flexibility index (Phi) is 4.39. The lowest BCUT2D eigenvalue weighted by molar-refractivity contribution is -0.147. The van der Waals surface area contributed by atoms with Crippen LogP contribution in [0.1, 0.15) is 5.56 Å². The number of aliphatic hydroxyl groups excluding tert-OH is 1. The van der Waals surface area contributed by atoms with Crippen LogP contribution in [-0.4, -0.2) is 50.5 Å². The molecule has 1 aliphatic heterocycles. The van der Waals surface area contributed by atoms with Crippen LogP contribution in [0.3, 0.4) is 0 Å². The molecule has 19 heavy (non-hydrogen) atoms. The fourth-order valence-corrected chi connectivity index (χ4v) is 2.37. The molecule has 1 aromatic carbocycles. The zero-order chi connectivity index (χ0) is 13.9. The van der Waals surface area contributed by atoms with Crippen LogP contribution in [0.2, 0.25) is 0 Å². The first-order valence-electron chi connectivity index (χ1n) is 6.28. The fraction of sp³-hybridized carbons (Fsp3) is 0.571. The van der Waals surface area contributed by atoms with E-state index >= 15 is 0 Å². The quantitative estimate of drug-likeness (QED) is 0.844. The molecule has 0 bridgehead atoms. The second-order valence-electron chi connectivity index (χ2n) is 5.29. The second-order valence-corrected chi connectivity index (χ2v) is 5.29. The molecule has 0 unspecified atom stereocenters. The number of aliphatic hydroxyl groups is 1. The number of benzene rings is 1. The maximum atomic E-state index is 13.6. The van der Waals surface area contributed by atoms with Crippen molar-refractivity contribution in [1.29, 1.82) is 0 Å². The van der Waals surface area contributed by atoms with Crippen molar-refractivity contribution < 1.29 is 19.0 Å². The summed E-state index contributed by atoms with van der Waals surface area (Å²) in [6.07, 6.45) is 0. The van der Waals surface area contributed by atoms with Crippen molar-refractivity contribution in [3.8, 4) is 5.75 Å². The number of rotatable bonds is 6. The molecule has 1 N–H and O–H groups in total. The highest BCUT2D eigenvalue weighted by atomic mass is 19.1. The molecular weight excluding hydrogens is 249 g/mol. The number of methoxy groups -OCH3 is 1. The largest absolute Gasteiger partial charge is 0.494 e. The first-order valence-corrected chi connectivity index (χ1v) is 6.28. The third kappa shape index (κ3) is 3.23. The van der Waals surface area contributed by atoms with E-state index < -0.39 is 0 Å². The van der Waals surface area contributed by atoms with Crippen molar-refractivity contribution in [3.63, 3.8) is 0 Å². The summed E-state index contributed by atoms with van der Waals surface area (Å²) in [5.41, 5.74) is 0.730. The third-order valence-corrected chi connectivity index (χ3v) is 3.43. The van der Waals surface area contributed by atoms with E-state index in [-0.39, 0.29) is 23.6 Å². The van der Waals surface area contributed by atoms with E-state index in [0.29, 0.717) is 19.8 Å². The van der Waals surface area contributed by atoms with Crippen molar-refractivity contribution in [1.82, 2.24) is 4.90 Å². The van der Waals surface area contributed by atoms with Crippen LogP contribution in [0.25, 0.3) is 0 Å². The van der Waals surface area contributed by atoms with Crippen LogP contribution in [0.4, 0.5) is 4.39 Å². The summed E-state index contributed by atoms with van der Waals surface area (Å²) in [5, 5.41) is 9.38. The topological polar surface area (TPSA) is 41.9 Å². The van der Waals surface area contributed by atoms with Crippen molar-refractivity contribution in [2.24, 2.45) is 5.41 Å². The number of hydrogen-bond acceptors (Lipinski definition) is 4. The lowest BCUT2D eigenvalue weighted by Crippen LogP contribution is -2.52. The number of halogens is 1. The van der Waals surface area contributed by atoms with E-state index in [2.05, 4.69) is 4.90 Å². The molecule has 0 amide bonds. The van der Waals surface area contributed by atoms with Crippen LogP contribution in [0, 0.1) is 11.2 Å². The van der Waals surface area contributed by atoms with Crippen LogP contribution in [-0.2, 0) is 11.3 Å². The predicted octanol–water partition coefficient (Wildman–Crippen LogP) is 1.27. The zero-order valence-corrected chi connectivity index (χ0v) is 11.4. The lowest BCUT2D eigenvalue weighted by Gasteiger charge is -2.42. The van der Waals surface area contributed by atoms with Crippen molar-refractivity contribution >= 4 is 0 Å². The third-order valence-electron chi connectivity index (χ3n) is 3.43. The molecule has 0 aliphatic carbocycles. The molecule has 106 valence electrons. The standard InChI is InChI=1S/C14H20FNO3/c1-16(7-14(8-17)9-19-10-14)6-11-3-4-13(18-2)12(15)5-11/h3-5,17H,6-10H2,1-2H3. The molecule has 1 heterocycles. The van der Waals surface area contributed by atoms with Crippen molar-refractivity contribution in [2.45, 2.75) is 6.54 Å². The van der Waals surface area contributed by atoms with Gasteiger partial charge in [0, 0.05) is 13.1 Å². The van der Waals surface area contributed by atoms with Gasteiger partial charge in [-0.15, -0.1) is 0 Å². The molecule has 0 saturated carbocycles. The molecule has 0 radical (unpaired) electrons. The molecule has 5 heteroatoms. The van der Waals surface area contributed by atoms with Crippen molar-refractivity contribution in [2.75, 3.05) is 40.5 Å². The average Bonchev–Trinajstić information content (AvgIpc) is 2.34. The van der Waals surface area contributed by atoms with Gasteiger partial charge in [0.2, 0.25) is 0 Å². The van der Waals surface area contributed by atoms with E-state index in [1.54, 1.807) is 6.07 Å². The van der Waals surface area contributed by atoms with Gasteiger partial charge >= 0.3 is 0 Å². The van der Waals surface area contributed by atoms with Gasteiger partial charge in [0.1, 0.15) is 0 Å². The lowest BCUT2D eigenvalue weighted by atomic mass is 9.86. The summed E-state index contributed by atoms with van der Waals surface area (Å²) in [6.45, 7) is 2.66. The van der Waals surface area contributed by atoms with Gasteiger partial charge in [-0.3, -0.25) is 0 Å². The Hall–Kier alpha value is -1.17.